The van der Waals surface area contributed by atoms with E-state index in [4.69, 9.17) is 4.74 Å². The Morgan fingerprint density at radius 2 is 2.24 bits per heavy atom. The van der Waals surface area contributed by atoms with Gasteiger partial charge >= 0.3 is 0 Å². The molecule has 0 N–H and O–H groups in total. The van der Waals surface area contributed by atoms with Crippen molar-refractivity contribution >= 4 is 27.2 Å². The number of thiophene rings is 1. The molecule has 17 heavy (non-hydrogen) atoms. The van der Waals surface area contributed by atoms with Gasteiger partial charge in [-0.2, -0.15) is 0 Å². The fourth-order valence-electron chi connectivity index (χ4n) is 1.53. The minimum absolute atomic E-state index is 0.0416. The van der Waals surface area contributed by atoms with E-state index in [9.17, 15) is 9.18 Å². The van der Waals surface area contributed by atoms with Crippen LogP contribution < -0.4 is 0 Å². The van der Waals surface area contributed by atoms with Crippen LogP contribution in [0.2, 0.25) is 0 Å². The Labute approximate surface area is 103 Å². The molecule has 4 heteroatoms. The number of ether oxygens (including phenoxy) is 1. The molecule has 0 saturated carbocycles. The normalized spacial score (nSPS) is 10.9. The first-order valence-electron chi connectivity index (χ1n) is 5.50. The number of ketones is 1. The van der Waals surface area contributed by atoms with Crippen LogP contribution in [0.15, 0.2) is 24.3 Å². The van der Waals surface area contributed by atoms with Crippen molar-refractivity contribution in [2.75, 3.05) is 13.2 Å². The lowest BCUT2D eigenvalue weighted by Crippen LogP contribution is -2.07. The zero-order valence-electron chi connectivity index (χ0n) is 9.53. The lowest BCUT2D eigenvalue weighted by Gasteiger charge is -1.98. The molecule has 0 saturated heterocycles. The molecule has 0 spiro atoms. The summed E-state index contributed by atoms with van der Waals surface area (Å²) in [5.74, 6) is -0.323. The Bertz CT molecular complexity index is 533. The number of halogens is 1. The molecule has 1 heterocycles. The smallest absolute Gasteiger partial charge is 0.198 e. The SMILES string of the molecule is CCCOCC(=O)c1cc2cc(F)ccc2s1. The third-order valence-corrected chi connectivity index (χ3v) is 3.49. The fourth-order valence-corrected chi connectivity index (χ4v) is 2.50. The van der Waals surface area contributed by atoms with E-state index in [2.05, 4.69) is 0 Å². The lowest BCUT2D eigenvalue weighted by atomic mass is 10.2. The molecule has 0 fully saturated rings. The van der Waals surface area contributed by atoms with Gasteiger partial charge in [0, 0.05) is 11.3 Å². The van der Waals surface area contributed by atoms with E-state index in [0.29, 0.717) is 11.5 Å². The number of carbonyl (C=O) groups is 1. The van der Waals surface area contributed by atoms with Crippen LogP contribution in [0.5, 0.6) is 0 Å². The Balaban J connectivity index is 2.15. The van der Waals surface area contributed by atoms with Crippen LogP contribution in [0.1, 0.15) is 23.0 Å². The standard InChI is InChI=1S/C13H13FO2S/c1-2-5-16-8-11(15)13-7-9-6-10(14)3-4-12(9)17-13/h3-4,6-7H,2,5,8H2,1H3. The van der Waals surface area contributed by atoms with Gasteiger partial charge in [-0.05, 0) is 36.1 Å². The van der Waals surface area contributed by atoms with Gasteiger partial charge in [0.15, 0.2) is 5.78 Å². The predicted molar refractivity (Wildman–Crippen MR) is 67.2 cm³/mol. The molecular formula is C13H13FO2S. The second-order valence-corrected chi connectivity index (χ2v) is 4.85. The van der Waals surface area contributed by atoms with Crippen LogP contribution in [-0.2, 0) is 4.74 Å². The van der Waals surface area contributed by atoms with Crippen molar-refractivity contribution < 1.29 is 13.9 Å². The van der Waals surface area contributed by atoms with Crippen LogP contribution >= 0.6 is 11.3 Å². The Morgan fingerprint density at radius 1 is 1.41 bits per heavy atom. The summed E-state index contributed by atoms with van der Waals surface area (Å²) in [5.41, 5.74) is 0. The van der Waals surface area contributed by atoms with Crippen LogP contribution in [0.25, 0.3) is 10.1 Å². The number of benzene rings is 1. The molecule has 2 aromatic rings. The zero-order chi connectivity index (χ0) is 12.3. The first kappa shape index (κ1) is 12.2. The Morgan fingerprint density at radius 3 is 3.00 bits per heavy atom. The Kier molecular flexibility index (Phi) is 3.86. The second-order valence-electron chi connectivity index (χ2n) is 3.77. The highest BCUT2D eigenvalue weighted by atomic mass is 32.1. The third kappa shape index (κ3) is 2.90. The number of carbonyl (C=O) groups excluding carboxylic acids is 1. The van der Waals surface area contributed by atoms with Gasteiger partial charge in [0.1, 0.15) is 12.4 Å². The van der Waals surface area contributed by atoms with E-state index in [1.165, 1.54) is 23.5 Å². The molecule has 90 valence electrons. The maximum atomic E-state index is 13.0. The molecule has 1 aromatic carbocycles. The topological polar surface area (TPSA) is 26.3 Å². The molecule has 0 aliphatic rings. The third-order valence-electron chi connectivity index (χ3n) is 2.33. The van der Waals surface area contributed by atoms with E-state index >= 15 is 0 Å². The van der Waals surface area contributed by atoms with Crippen molar-refractivity contribution in [3.8, 4) is 0 Å². The van der Waals surface area contributed by atoms with Gasteiger partial charge in [0.2, 0.25) is 0 Å². The second kappa shape index (κ2) is 5.38. The minimum Gasteiger partial charge on any atom is -0.373 e. The molecule has 0 bridgehead atoms. The molecule has 0 unspecified atom stereocenters. The van der Waals surface area contributed by atoms with Gasteiger partial charge in [-0.3, -0.25) is 4.79 Å². The van der Waals surface area contributed by atoms with Crippen LogP contribution in [0.3, 0.4) is 0 Å². The van der Waals surface area contributed by atoms with Gasteiger partial charge < -0.3 is 4.74 Å². The van der Waals surface area contributed by atoms with Crippen molar-refractivity contribution in [1.29, 1.82) is 0 Å². The summed E-state index contributed by atoms with van der Waals surface area (Å²) in [6.07, 6.45) is 0.894. The summed E-state index contributed by atoms with van der Waals surface area (Å²) in [7, 11) is 0. The van der Waals surface area contributed by atoms with Gasteiger partial charge in [0.25, 0.3) is 0 Å². The summed E-state index contributed by atoms with van der Waals surface area (Å²) in [4.78, 5) is 12.4. The molecule has 0 aliphatic heterocycles. The number of fused-ring (bicyclic) bond motifs is 1. The van der Waals surface area contributed by atoms with E-state index in [-0.39, 0.29) is 18.2 Å². The van der Waals surface area contributed by atoms with E-state index in [0.717, 1.165) is 16.5 Å². The summed E-state index contributed by atoms with van der Waals surface area (Å²) >= 11 is 1.38. The zero-order valence-corrected chi connectivity index (χ0v) is 10.3. The Hall–Kier alpha value is -1.26. The molecule has 1 aromatic heterocycles. The summed E-state index contributed by atoms with van der Waals surface area (Å²) in [6, 6.07) is 6.26. The first-order valence-corrected chi connectivity index (χ1v) is 6.32. The quantitative estimate of drug-likeness (QED) is 0.599. The van der Waals surface area contributed by atoms with Crippen molar-refractivity contribution in [3.05, 3.63) is 35.0 Å². The van der Waals surface area contributed by atoms with Crippen molar-refractivity contribution in [1.82, 2.24) is 0 Å². The minimum atomic E-state index is -0.281. The molecular weight excluding hydrogens is 239 g/mol. The van der Waals surface area contributed by atoms with Gasteiger partial charge in [-0.25, -0.2) is 4.39 Å². The lowest BCUT2D eigenvalue weighted by molar-refractivity contribution is 0.0765. The molecule has 2 rings (SSSR count). The number of Topliss-reactive ketones (excluding diaryl/α,β-unsaturated/α-hetero) is 1. The van der Waals surface area contributed by atoms with Crippen LogP contribution in [-0.4, -0.2) is 19.0 Å². The molecule has 0 aliphatic carbocycles. The molecule has 0 amide bonds. The van der Waals surface area contributed by atoms with E-state index in [1.807, 2.05) is 6.92 Å². The van der Waals surface area contributed by atoms with E-state index in [1.54, 1.807) is 12.1 Å². The largest absolute Gasteiger partial charge is 0.373 e. The average molecular weight is 252 g/mol. The highest BCUT2D eigenvalue weighted by Gasteiger charge is 2.10. The highest BCUT2D eigenvalue weighted by molar-refractivity contribution is 7.20. The van der Waals surface area contributed by atoms with Gasteiger partial charge in [-0.15, -0.1) is 11.3 Å². The first-order chi connectivity index (χ1) is 8.20. The summed E-state index contributed by atoms with van der Waals surface area (Å²) in [6.45, 7) is 2.68. The van der Waals surface area contributed by atoms with Gasteiger partial charge in [-0.1, -0.05) is 6.92 Å². The average Bonchev–Trinajstić information content (AvgIpc) is 2.72. The monoisotopic (exact) mass is 252 g/mol. The summed E-state index contributed by atoms with van der Waals surface area (Å²) in [5, 5.41) is 0.772. The maximum absolute atomic E-state index is 13.0. The molecule has 2 nitrogen and oxygen atoms in total. The van der Waals surface area contributed by atoms with Crippen molar-refractivity contribution in [2.24, 2.45) is 0 Å². The number of rotatable bonds is 5. The van der Waals surface area contributed by atoms with Crippen molar-refractivity contribution in [2.45, 2.75) is 13.3 Å². The van der Waals surface area contributed by atoms with E-state index < -0.39 is 0 Å². The molecule has 0 radical (unpaired) electrons. The summed E-state index contributed by atoms with van der Waals surface area (Å²) < 4.78 is 19.1. The molecule has 0 atom stereocenters. The number of hydrogen-bond acceptors (Lipinski definition) is 3. The highest BCUT2D eigenvalue weighted by Crippen LogP contribution is 2.26. The fraction of sp³-hybridized carbons (Fsp3) is 0.308. The van der Waals surface area contributed by atoms with Crippen LogP contribution in [0, 0.1) is 5.82 Å². The number of hydrogen-bond donors (Lipinski definition) is 0. The van der Waals surface area contributed by atoms with Crippen LogP contribution in [0.4, 0.5) is 4.39 Å². The maximum Gasteiger partial charge on any atom is 0.198 e. The predicted octanol–water partition coefficient (Wildman–Crippen LogP) is 3.65. The van der Waals surface area contributed by atoms with Crippen molar-refractivity contribution in [3.63, 3.8) is 0 Å². The van der Waals surface area contributed by atoms with Gasteiger partial charge in [0.05, 0.1) is 4.88 Å².